The number of nitrogens with zero attached hydrogens (tertiary/aromatic N) is 8. The number of aliphatic hydroxyl groups excluding tert-OH is 3. The highest BCUT2D eigenvalue weighted by Crippen LogP contribution is 2.24. The summed E-state index contributed by atoms with van der Waals surface area (Å²) >= 11 is 0. The average Bonchev–Trinajstić information content (AvgIpc) is 3.81. The van der Waals surface area contributed by atoms with Gasteiger partial charge in [0.2, 0.25) is 11.9 Å². The minimum atomic E-state index is -0.394. The largest absolute Gasteiger partial charge is 0.465 e. The molecule has 2 saturated carbocycles. The Balaban J connectivity index is 0.000000162. The quantitative estimate of drug-likeness (QED) is 0.140. The van der Waals surface area contributed by atoms with Gasteiger partial charge in [-0.3, -0.25) is 0 Å². The predicted octanol–water partition coefficient (Wildman–Crippen LogP) is 4.34. The second-order valence-electron chi connectivity index (χ2n) is 13.2. The second-order valence-corrected chi connectivity index (χ2v) is 13.2. The summed E-state index contributed by atoms with van der Waals surface area (Å²) in [5.74, 6) is 2.00. The molecule has 0 bridgehead atoms. The molecule has 4 heterocycles. The fraction of sp³-hybridized carbons (Fsp3) is 0.378. The molecule has 2 aliphatic carbocycles. The molecule has 0 saturated heterocycles. The van der Waals surface area contributed by atoms with Crippen molar-refractivity contribution in [3.8, 4) is 11.6 Å². The van der Waals surface area contributed by atoms with Gasteiger partial charge in [0.05, 0.1) is 54.9 Å². The lowest BCUT2D eigenvalue weighted by Crippen LogP contribution is -2.29. The van der Waals surface area contributed by atoms with E-state index in [0.717, 1.165) is 78.7 Å². The van der Waals surface area contributed by atoms with Gasteiger partial charge in [-0.2, -0.15) is 20.2 Å². The number of carbonyl (C=O) groups is 1. The monoisotopic (exact) mass is 706 g/mol. The molecular weight excluding hydrogens is 664 g/mol. The second kappa shape index (κ2) is 15.8. The van der Waals surface area contributed by atoms with Crippen LogP contribution in [0.1, 0.15) is 67.3 Å². The Hall–Kier alpha value is -5.51. The maximum atomic E-state index is 11.8. The van der Waals surface area contributed by atoms with Crippen LogP contribution in [-0.2, 0) is 11.3 Å². The number of anilines is 2. The van der Waals surface area contributed by atoms with E-state index < -0.39 is 5.97 Å². The van der Waals surface area contributed by atoms with Gasteiger partial charge in [-0.1, -0.05) is 18.2 Å². The van der Waals surface area contributed by atoms with Crippen LogP contribution in [0, 0.1) is 0 Å². The lowest BCUT2D eigenvalue weighted by Gasteiger charge is -2.26. The van der Waals surface area contributed by atoms with E-state index in [4.69, 9.17) is 4.74 Å². The van der Waals surface area contributed by atoms with Crippen LogP contribution in [0.4, 0.5) is 11.9 Å². The number of aliphatic hydroxyl groups is 3. The van der Waals surface area contributed by atoms with Crippen LogP contribution in [0.15, 0.2) is 73.3 Å². The summed E-state index contributed by atoms with van der Waals surface area (Å²) < 4.78 is 8.23. The Morgan fingerprint density at radius 3 is 1.73 bits per heavy atom. The SMILES string of the molecule is COC(=O)c1ccc2cnn(-c3ccnc(NC4CCC(O)CC4)n3)c2c1.OCc1ccc2cnn(-c3ccnc(NC4CCC(O)CC4)n3)c2c1. The van der Waals surface area contributed by atoms with Crippen LogP contribution in [0.3, 0.4) is 0 Å². The maximum Gasteiger partial charge on any atom is 0.337 e. The fourth-order valence-corrected chi connectivity index (χ4v) is 6.67. The minimum absolute atomic E-state index is 0.00870. The molecule has 0 radical (unpaired) electrons. The maximum absolute atomic E-state index is 11.8. The first-order valence-electron chi connectivity index (χ1n) is 17.6. The van der Waals surface area contributed by atoms with E-state index >= 15 is 0 Å². The van der Waals surface area contributed by atoms with Gasteiger partial charge < -0.3 is 30.7 Å². The highest BCUT2D eigenvalue weighted by Gasteiger charge is 2.21. The third-order valence-electron chi connectivity index (χ3n) is 9.59. The number of esters is 1. The molecular formula is C37H42N10O5. The van der Waals surface area contributed by atoms with Gasteiger partial charge in [0, 0.05) is 47.4 Å². The molecule has 8 rings (SSSR count). The lowest BCUT2D eigenvalue weighted by molar-refractivity contribution is 0.0601. The molecule has 15 heteroatoms. The van der Waals surface area contributed by atoms with E-state index in [-0.39, 0.29) is 30.9 Å². The van der Waals surface area contributed by atoms with E-state index in [0.29, 0.717) is 29.1 Å². The molecule has 5 N–H and O–H groups in total. The summed E-state index contributed by atoms with van der Waals surface area (Å²) in [6.45, 7) is -0.00870. The van der Waals surface area contributed by atoms with E-state index in [2.05, 4.69) is 40.8 Å². The Morgan fingerprint density at radius 1 is 0.731 bits per heavy atom. The summed E-state index contributed by atoms with van der Waals surface area (Å²) in [6, 6.07) is 15.2. The van der Waals surface area contributed by atoms with Gasteiger partial charge >= 0.3 is 5.97 Å². The number of carbonyl (C=O) groups excluding carboxylic acids is 1. The van der Waals surface area contributed by atoms with E-state index in [1.165, 1.54) is 7.11 Å². The number of aromatic nitrogens is 8. The molecule has 4 aromatic heterocycles. The van der Waals surface area contributed by atoms with Crippen LogP contribution < -0.4 is 10.6 Å². The minimum Gasteiger partial charge on any atom is -0.465 e. The summed E-state index contributed by atoms with van der Waals surface area (Å²) in [4.78, 5) is 29.6. The Labute approximate surface area is 299 Å². The third kappa shape index (κ3) is 8.01. The van der Waals surface area contributed by atoms with Crippen molar-refractivity contribution in [3.63, 3.8) is 0 Å². The van der Waals surface area contributed by atoms with Gasteiger partial charge in [-0.05, 0) is 75.1 Å². The van der Waals surface area contributed by atoms with Crippen LogP contribution >= 0.6 is 0 Å². The molecule has 15 nitrogen and oxygen atoms in total. The zero-order valence-electron chi connectivity index (χ0n) is 28.8. The molecule has 270 valence electrons. The van der Waals surface area contributed by atoms with E-state index in [9.17, 15) is 20.1 Å². The Morgan fingerprint density at radius 2 is 1.23 bits per heavy atom. The molecule has 2 aliphatic rings. The van der Waals surface area contributed by atoms with Gasteiger partial charge in [0.15, 0.2) is 11.6 Å². The highest BCUT2D eigenvalue weighted by atomic mass is 16.5. The zero-order valence-corrected chi connectivity index (χ0v) is 28.8. The van der Waals surface area contributed by atoms with E-state index in [1.54, 1.807) is 52.4 Å². The molecule has 0 aliphatic heterocycles. The summed E-state index contributed by atoms with van der Waals surface area (Å²) in [7, 11) is 1.36. The smallest absolute Gasteiger partial charge is 0.337 e. The number of nitrogens with one attached hydrogen (secondary N) is 2. The van der Waals surface area contributed by atoms with Crippen molar-refractivity contribution in [2.75, 3.05) is 17.7 Å². The number of ether oxygens (including phenoxy) is 1. The lowest BCUT2D eigenvalue weighted by atomic mass is 9.93. The molecule has 2 aromatic carbocycles. The number of benzene rings is 2. The van der Waals surface area contributed by atoms with Crippen molar-refractivity contribution < 1.29 is 24.9 Å². The van der Waals surface area contributed by atoms with Crippen molar-refractivity contribution in [2.45, 2.75) is 82.3 Å². The Bertz CT molecular complexity index is 2140. The van der Waals surface area contributed by atoms with Crippen LogP contribution in [0.5, 0.6) is 0 Å². The van der Waals surface area contributed by atoms with Crippen LogP contribution in [-0.4, -0.2) is 92.2 Å². The number of methoxy groups -OCH3 is 1. The van der Waals surface area contributed by atoms with Crippen LogP contribution in [0.2, 0.25) is 0 Å². The van der Waals surface area contributed by atoms with Crippen molar-refractivity contribution in [1.29, 1.82) is 0 Å². The highest BCUT2D eigenvalue weighted by molar-refractivity contribution is 5.94. The molecule has 2 fully saturated rings. The topological polar surface area (TPSA) is 198 Å². The van der Waals surface area contributed by atoms with E-state index in [1.807, 2.05) is 30.3 Å². The summed E-state index contributed by atoms with van der Waals surface area (Å²) in [5.41, 5.74) is 2.96. The Kier molecular flexibility index (Phi) is 10.6. The molecule has 0 amide bonds. The summed E-state index contributed by atoms with van der Waals surface area (Å²) in [5, 5.41) is 46.0. The number of hydrogen-bond donors (Lipinski definition) is 5. The molecule has 6 aromatic rings. The first-order chi connectivity index (χ1) is 25.4. The summed E-state index contributed by atoms with van der Waals surface area (Å²) in [6.07, 6.45) is 13.3. The molecule has 0 atom stereocenters. The first kappa shape index (κ1) is 34.9. The standard InChI is InChI=1S/C19H21N5O3.C18H21N5O2/c1-27-18(26)12-2-3-13-11-21-24(16(13)10-12)17-8-9-20-19(23-17)22-14-4-6-15(25)7-5-14;24-11-12-1-2-13-10-20-23(16(13)9-12)17-7-8-19-18(22-17)21-14-3-5-15(25)6-4-14/h2-3,8-11,14-15,25H,4-7H2,1H3,(H,20,22,23);1-2,7-10,14-15,24-25H,3-6,11H2,(H,19,21,22). The van der Waals surface area contributed by atoms with Crippen molar-refractivity contribution in [3.05, 3.63) is 84.4 Å². The van der Waals surface area contributed by atoms with Crippen molar-refractivity contribution in [1.82, 2.24) is 39.5 Å². The van der Waals surface area contributed by atoms with Gasteiger partial charge in [-0.15, -0.1) is 0 Å². The normalized spacial score (nSPS) is 20.2. The fourth-order valence-electron chi connectivity index (χ4n) is 6.67. The zero-order chi connectivity index (χ0) is 36.0. The van der Waals surface area contributed by atoms with Gasteiger partial charge in [0.1, 0.15) is 0 Å². The molecule has 0 spiro atoms. The average molecular weight is 707 g/mol. The first-order valence-corrected chi connectivity index (χ1v) is 17.6. The van der Waals surface area contributed by atoms with Gasteiger partial charge in [-0.25, -0.2) is 24.1 Å². The number of fused-ring (bicyclic) bond motifs is 2. The molecule has 0 unspecified atom stereocenters. The predicted molar refractivity (Wildman–Crippen MR) is 194 cm³/mol. The molecule has 52 heavy (non-hydrogen) atoms. The van der Waals surface area contributed by atoms with Gasteiger partial charge in [0.25, 0.3) is 0 Å². The van der Waals surface area contributed by atoms with Crippen LogP contribution in [0.25, 0.3) is 33.4 Å². The van der Waals surface area contributed by atoms with Crippen molar-refractivity contribution in [2.24, 2.45) is 0 Å². The van der Waals surface area contributed by atoms with Crippen molar-refractivity contribution >= 4 is 39.7 Å². The number of hydrogen-bond acceptors (Lipinski definition) is 13. The number of rotatable bonds is 8. The third-order valence-corrected chi connectivity index (χ3v) is 9.59.